The molecule has 1 heterocycles. The van der Waals surface area contributed by atoms with E-state index in [2.05, 4.69) is 10.3 Å². The average molecular weight is 404 g/mol. The Labute approximate surface area is 166 Å². The third-order valence-corrected chi connectivity index (χ3v) is 5.33. The first-order valence-corrected chi connectivity index (χ1v) is 9.64. The summed E-state index contributed by atoms with van der Waals surface area (Å²) in [5.41, 5.74) is 1.88. The molecular formula is C20H19Cl2N3O2. The van der Waals surface area contributed by atoms with Crippen LogP contribution in [0.2, 0.25) is 10.0 Å². The van der Waals surface area contributed by atoms with Gasteiger partial charge in [0, 0.05) is 17.0 Å². The molecule has 2 N–H and O–H groups in total. The van der Waals surface area contributed by atoms with E-state index in [1.807, 2.05) is 24.3 Å². The Hall–Kier alpha value is -2.08. The maximum absolute atomic E-state index is 12.9. The molecular weight excluding hydrogens is 385 g/mol. The second-order valence-corrected chi connectivity index (χ2v) is 7.74. The number of hydrogen-bond donors (Lipinski definition) is 2. The molecule has 1 aliphatic carbocycles. The quantitative estimate of drug-likeness (QED) is 0.663. The van der Waals surface area contributed by atoms with Crippen LogP contribution in [0.15, 0.2) is 41.2 Å². The molecule has 1 fully saturated rings. The number of benzene rings is 2. The van der Waals surface area contributed by atoms with E-state index < -0.39 is 11.8 Å². The zero-order valence-corrected chi connectivity index (χ0v) is 16.3. The van der Waals surface area contributed by atoms with E-state index >= 15 is 0 Å². The molecule has 27 heavy (non-hydrogen) atoms. The van der Waals surface area contributed by atoms with Crippen LogP contribution in [-0.2, 0) is 0 Å². The number of aliphatic hydroxyl groups is 1. The van der Waals surface area contributed by atoms with Gasteiger partial charge in [0.05, 0.1) is 22.3 Å². The SMILES string of the molecule is C[C@H](O)CNc1nc(=O)n(-c2ccccc2Cl)c2cc(C3CC3)c(Cl)cc12. The molecule has 1 aliphatic rings. The maximum atomic E-state index is 12.9. The number of rotatable bonds is 5. The number of anilines is 1. The predicted octanol–water partition coefficient (Wildman–Crippen LogP) is 4.36. The minimum Gasteiger partial charge on any atom is -0.392 e. The first-order valence-electron chi connectivity index (χ1n) is 8.88. The van der Waals surface area contributed by atoms with Gasteiger partial charge in [0.15, 0.2) is 0 Å². The van der Waals surface area contributed by atoms with Gasteiger partial charge in [0.2, 0.25) is 0 Å². The molecule has 0 saturated heterocycles. The van der Waals surface area contributed by atoms with Gasteiger partial charge in [-0.3, -0.25) is 4.57 Å². The van der Waals surface area contributed by atoms with Crippen LogP contribution in [-0.4, -0.2) is 27.3 Å². The summed E-state index contributed by atoms with van der Waals surface area (Å²) in [6.45, 7) is 1.94. The van der Waals surface area contributed by atoms with E-state index in [9.17, 15) is 9.90 Å². The highest BCUT2D eigenvalue weighted by atomic mass is 35.5. The van der Waals surface area contributed by atoms with Crippen LogP contribution < -0.4 is 11.0 Å². The predicted molar refractivity (Wildman–Crippen MR) is 110 cm³/mol. The third kappa shape index (κ3) is 3.55. The lowest BCUT2D eigenvalue weighted by molar-refractivity contribution is 0.208. The molecule has 7 heteroatoms. The molecule has 0 spiro atoms. The van der Waals surface area contributed by atoms with Crippen molar-refractivity contribution >= 4 is 39.9 Å². The van der Waals surface area contributed by atoms with E-state index in [-0.39, 0.29) is 6.54 Å². The summed E-state index contributed by atoms with van der Waals surface area (Å²) in [5, 5.41) is 14.5. The van der Waals surface area contributed by atoms with E-state index in [0.29, 0.717) is 38.4 Å². The van der Waals surface area contributed by atoms with Crippen molar-refractivity contribution in [3.63, 3.8) is 0 Å². The molecule has 0 amide bonds. The van der Waals surface area contributed by atoms with Gasteiger partial charge in [-0.05, 0) is 55.5 Å². The van der Waals surface area contributed by atoms with E-state index in [0.717, 1.165) is 18.4 Å². The number of nitrogens with one attached hydrogen (secondary N) is 1. The first-order chi connectivity index (χ1) is 13.0. The van der Waals surface area contributed by atoms with E-state index in [1.165, 1.54) is 4.57 Å². The van der Waals surface area contributed by atoms with Crippen LogP contribution in [0.1, 0.15) is 31.2 Å². The fourth-order valence-electron chi connectivity index (χ4n) is 3.21. The van der Waals surface area contributed by atoms with Gasteiger partial charge in [-0.1, -0.05) is 35.3 Å². The Bertz CT molecular complexity index is 1070. The largest absolute Gasteiger partial charge is 0.392 e. The Kier molecular flexibility index (Phi) is 4.84. The number of para-hydroxylation sites is 1. The zero-order chi connectivity index (χ0) is 19.1. The van der Waals surface area contributed by atoms with Crippen molar-refractivity contribution in [3.05, 3.63) is 62.5 Å². The number of hydrogen-bond acceptors (Lipinski definition) is 4. The molecule has 2 aromatic carbocycles. The van der Waals surface area contributed by atoms with Gasteiger partial charge in [-0.2, -0.15) is 4.98 Å². The van der Waals surface area contributed by atoms with Gasteiger partial charge >= 0.3 is 5.69 Å². The highest BCUT2D eigenvalue weighted by Crippen LogP contribution is 2.45. The Balaban J connectivity index is 2.01. The van der Waals surface area contributed by atoms with E-state index in [4.69, 9.17) is 23.2 Å². The van der Waals surface area contributed by atoms with Crippen molar-refractivity contribution < 1.29 is 5.11 Å². The van der Waals surface area contributed by atoms with Gasteiger partial charge in [-0.25, -0.2) is 4.79 Å². The minimum atomic E-state index is -0.575. The molecule has 140 valence electrons. The molecule has 4 rings (SSSR count). The molecule has 3 aromatic rings. The summed E-state index contributed by atoms with van der Waals surface area (Å²) < 4.78 is 1.52. The lowest BCUT2D eigenvalue weighted by Crippen LogP contribution is -2.25. The number of halogens is 2. The summed E-state index contributed by atoms with van der Waals surface area (Å²) in [7, 11) is 0. The molecule has 5 nitrogen and oxygen atoms in total. The normalized spacial score (nSPS) is 15.1. The van der Waals surface area contributed by atoms with Gasteiger partial charge < -0.3 is 10.4 Å². The lowest BCUT2D eigenvalue weighted by atomic mass is 10.1. The fraction of sp³-hybridized carbons (Fsp3) is 0.300. The summed E-state index contributed by atoms with van der Waals surface area (Å²) >= 11 is 12.9. The molecule has 1 aromatic heterocycles. The first kappa shape index (κ1) is 18.3. The Morgan fingerprint density at radius 3 is 2.67 bits per heavy atom. The number of aliphatic hydroxyl groups excluding tert-OH is 1. The highest BCUT2D eigenvalue weighted by Gasteiger charge is 2.27. The Morgan fingerprint density at radius 1 is 1.26 bits per heavy atom. The van der Waals surface area contributed by atoms with Crippen LogP contribution in [0.5, 0.6) is 0 Å². The standard InChI is InChI=1S/C20H19Cl2N3O2/c1-11(26)10-23-19-14-8-16(22)13(12-6-7-12)9-18(14)25(20(27)24-19)17-5-3-2-4-15(17)21/h2-5,8-9,11-12,26H,6-7,10H2,1H3,(H,23,24,27)/t11-/m0/s1. The smallest absolute Gasteiger partial charge is 0.354 e. The number of aromatic nitrogens is 2. The topological polar surface area (TPSA) is 67.2 Å². The van der Waals surface area contributed by atoms with Crippen molar-refractivity contribution in [1.82, 2.24) is 9.55 Å². The Morgan fingerprint density at radius 2 is 2.00 bits per heavy atom. The zero-order valence-electron chi connectivity index (χ0n) is 14.7. The fourth-order valence-corrected chi connectivity index (χ4v) is 3.75. The van der Waals surface area contributed by atoms with Crippen LogP contribution in [0.25, 0.3) is 16.6 Å². The summed E-state index contributed by atoms with van der Waals surface area (Å²) in [5.74, 6) is 0.835. The molecule has 0 radical (unpaired) electrons. The highest BCUT2D eigenvalue weighted by molar-refractivity contribution is 6.33. The van der Waals surface area contributed by atoms with Gasteiger partial charge in [0.25, 0.3) is 0 Å². The van der Waals surface area contributed by atoms with Gasteiger partial charge in [0.1, 0.15) is 5.82 Å². The minimum absolute atomic E-state index is 0.277. The third-order valence-electron chi connectivity index (χ3n) is 4.69. The molecule has 0 aliphatic heterocycles. The number of fused-ring (bicyclic) bond motifs is 1. The van der Waals surface area contributed by atoms with Crippen molar-refractivity contribution in [2.45, 2.75) is 31.8 Å². The van der Waals surface area contributed by atoms with Gasteiger partial charge in [-0.15, -0.1) is 0 Å². The molecule has 0 unspecified atom stereocenters. The summed E-state index contributed by atoms with van der Waals surface area (Å²) in [4.78, 5) is 17.1. The van der Waals surface area contributed by atoms with Crippen LogP contribution in [0.3, 0.4) is 0 Å². The summed E-state index contributed by atoms with van der Waals surface area (Å²) in [6, 6.07) is 11.0. The maximum Gasteiger partial charge on any atom is 0.354 e. The second kappa shape index (κ2) is 7.15. The molecule has 1 atom stereocenters. The summed E-state index contributed by atoms with van der Waals surface area (Å²) in [6.07, 6.45) is 1.62. The monoisotopic (exact) mass is 403 g/mol. The van der Waals surface area contributed by atoms with Crippen LogP contribution in [0, 0.1) is 0 Å². The number of nitrogens with zero attached hydrogens (tertiary/aromatic N) is 2. The molecule has 1 saturated carbocycles. The van der Waals surface area contributed by atoms with Crippen molar-refractivity contribution in [3.8, 4) is 5.69 Å². The molecule has 0 bridgehead atoms. The second-order valence-electron chi connectivity index (χ2n) is 6.92. The van der Waals surface area contributed by atoms with Crippen molar-refractivity contribution in [2.24, 2.45) is 0 Å². The van der Waals surface area contributed by atoms with Crippen LogP contribution >= 0.6 is 23.2 Å². The van der Waals surface area contributed by atoms with E-state index in [1.54, 1.807) is 19.1 Å². The van der Waals surface area contributed by atoms with Crippen molar-refractivity contribution in [1.29, 1.82) is 0 Å². The average Bonchev–Trinajstić information content (AvgIpc) is 3.45. The lowest BCUT2D eigenvalue weighted by Gasteiger charge is -2.17. The van der Waals surface area contributed by atoms with Crippen LogP contribution in [0.4, 0.5) is 5.82 Å². The van der Waals surface area contributed by atoms with Crippen molar-refractivity contribution in [2.75, 3.05) is 11.9 Å².